The van der Waals surface area contributed by atoms with Crippen molar-refractivity contribution in [3.05, 3.63) is 27.8 Å². The lowest BCUT2D eigenvalue weighted by atomic mass is 10.1. The van der Waals surface area contributed by atoms with Crippen molar-refractivity contribution in [3.63, 3.8) is 0 Å². The van der Waals surface area contributed by atoms with Gasteiger partial charge in [0.2, 0.25) is 0 Å². The molecule has 80 valence electrons. The number of non-ortho nitro benzene ring substituents is 1. The topological polar surface area (TPSA) is 110 Å². The molecule has 0 spiro atoms. The third-order valence-corrected chi connectivity index (χ3v) is 1.69. The molecule has 0 amide bonds. The highest BCUT2D eigenvalue weighted by Gasteiger charge is 2.20. The third kappa shape index (κ3) is 1.96. The number of carbonyl (C=O) groups is 1. The molecule has 0 fully saturated rings. The van der Waals surface area contributed by atoms with Crippen LogP contribution in [0.15, 0.2) is 12.1 Å². The van der Waals surface area contributed by atoms with Gasteiger partial charge in [-0.05, 0) is 0 Å². The molecule has 15 heavy (non-hydrogen) atoms. The van der Waals surface area contributed by atoms with Crippen molar-refractivity contribution in [2.45, 2.75) is 0 Å². The summed E-state index contributed by atoms with van der Waals surface area (Å²) in [5.74, 6) is -2.46. The van der Waals surface area contributed by atoms with Crippen LogP contribution in [-0.2, 0) is 4.74 Å². The van der Waals surface area contributed by atoms with Gasteiger partial charge in [-0.2, -0.15) is 0 Å². The predicted octanol–water partition coefficient (Wildman–Crippen LogP) is 0.793. The number of aromatic hydroxyl groups is 2. The number of rotatable bonds is 2. The Balaban J connectivity index is 3.37. The first-order chi connectivity index (χ1) is 6.97. The fourth-order valence-electron chi connectivity index (χ4n) is 0.975. The molecule has 0 aliphatic heterocycles. The lowest BCUT2D eigenvalue weighted by Gasteiger charge is -2.03. The van der Waals surface area contributed by atoms with Crippen LogP contribution < -0.4 is 0 Å². The molecule has 0 aliphatic carbocycles. The summed E-state index contributed by atoms with van der Waals surface area (Å²) in [6, 6.07) is 1.56. The van der Waals surface area contributed by atoms with Crippen LogP contribution >= 0.6 is 0 Å². The molecule has 1 rings (SSSR count). The van der Waals surface area contributed by atoms with Gasteiger partial charge in [-0.25, -0.2) is 4.79 Å². The van der Waals surface area contributed by atoms with E-state index in [1.54, 1.807) is 0 Å². The molecule has 2 N–H and O–H groups in total. The van der Waals surface area contributed by atoms with Gasteiger partial charge in [0.05, 0.1) is 18.1 Å². The van der Waals surface area contributed by atoms with Gasteiger partial charge < -0.3 is 14.9 Å². The lowest BCUT2D eigenvalue weighted by Crippen LogP contribution is -2.02. The fraction of sp³-hybridized carbons (Fsp3) is 0.125. The van der Waals surface area contributed by atoms with E-state index in [1.165, 1.54) is 0 Å². The van der Waals surface area contributed by atoms with E-state index in [1.807, 2.05) is 0 Å². The maximum atomic E-state index is 11.0. The summed E-state index contributed by atoms with van der Waals surface area (Å²) in [4.78, 5) is 20.6. The molecule has 7 heteroatoms. The first-order valence-corrected chi connectivity index (χ1v) is 3.76. The largest absolute Gasteiger partial charge is 0.504 e. The molecule has 0 unspecified atom stereocenters. The third-order valence-electron chi connectivity index (χ3n) is 1.69. The Bertz CT molecular complexity index is 427. The minimum absolute atomic E-state index is 0.454. The average Bonchev–Trinajstić information content (AvgIpc) is 2.20. The summed E-state index contributed by atoms with van der Waals surface area (Å²) in [5, 5.41) is 28.7. The monoisotopic (exact) mass is 213 g/mol. The van der Waals surface area contributed by atoms with Gasteiger partial charge in [0.1, 0.15) is 5.56 Å². The van der Waals surface area contributed by atoms with E-state index in [0.717, 1.165) is 19.2 Å². The van der Waals surface area contributed by atoms with Crippen molar-refractivity contribution in [2.75, 3.05) is 7.11 Å². The van der Waals surface area contributed by atoms with E-state index in [4.69, 9.17) is 5.11 Å². The highest BCUT2D eigenvalue weighted by Crippen LogP contribution is 2.33. The molecule has 0 saturated carbocycles. The van der Waals surface area contributed by atoms with Crippen molar-refractivity contribution < 1.29 is 24.7 Å². The second-order valence-corrected chi connectivity index (χ2v) is 2.61. The Hall–Kier alpha value is -2.31. The highest BCUT2D eigenvalue weighted by molar-refractivity contribution is 5.94. The van der Waals surface area contributed by atoms with Gasteiger partial charge in [-0.1, -0.05) is 0 Å². The average molecular weight is 213 g/mol. The van der Waals surface area contributed by atoms with E-state index >= 15 is 0 Å². The maximum Gasteiger partial charge on any atom is 0.342 e. The SMILES string of the molecule is COC(=O)c1cc([N+](=O)[O-])cc(O)c1O. The fourth-order valence-corrected chi connectivity index (χ4v) is 0.975. The van der Waals surface area contributed by atoms with Gasteiger partial charge in [-0.3, -0.25) is 10.1 Å². The minimum Gasteiger partial charge on any atom is -0.504 e. The van der Waals surface area contributed by atoms with Crippen LogP contribution in [0.5, 0.6) is 11.5 Å². The Labute approximate surface area is 83.7 Å². The van der Waals surface area contributed by atoms with Crippen LogP contribution in [0.4, 0.5) is 5.69 Å². The van der Waals surface area contributed by atoms with Gasteiger partial charge in [-0.15, -0.1) is 0 Å². The van der Waals surface area contributed by atoms with Gasteiger partial charge in [0, 0.05) is 6.07 Å². The number of phenols is 2. The summed E-state index contributed by atoms with van der Waals surface area (Å²) >= 11 is 0. The zero-order chi connectivity index (χ0) is 11.6. The van der Waals surface area contributed by atoms with E-state index < -0.39 is 33.6 Å². The van der Waals surface area contributed by atoms with Crippen LogP contribution in [0.1, 0.15) is 10.4 Å². The van der Waals surface area contributed by atoms with Crippen LogP contribution in [0.3, 0.4) is 0 Å². The molecule has 0 atom stereocenters. The van der Waals surface area contributed by atoms with Crippen LogP contribution in [0, 0.1) is 10.1 Å². The number of phenolic OH excluding ortho intramolecular Hbond substituents is 2. The Morgan fingerprint density at radius 2 is 2.07 bits per heavy atom. The second kappa shape index (κ2) is 3.82. The maximum absolute atomic E-state index is 11.0. The van der Waals surface area contributed by atoms with Gasteiger partial charge in [0.25, 0.3) is 5.69 Å². The van der Waals surface area contributed by atoms with E-state index in [-0.39, 0.29) is 0 Å². The van der Waals surface area contributed by atoms with Gasteiger partial charge >= 0.3 is 5.97 Å². The second-order valence-electron chi connectivity index (χ2n) is 2.61. The standard InChI is InChI=1S/C8H7NO6/c1-15-8(12)5-2-4(9(13)14)3-6(10)7(5)11/h2-3,10-11H,1H3. The summed E-state index contributed by atoms with van der Waals surface area (Å²) in [6.45, 7) is 0. The zero-order valence-corrected chi connectivity index (χ0v) is 7.63. The van der Waals surface area contributed by atoms with Crippen molar-refractivity contribution in [1.29, 1.82) is 0 Å². The number of hydrogen-bond donors (Lipinski definition) is 2. The Morgan fingerprint density at radius 3 is 2.53 bits per heavy atom. The summed E-state index contributed by atoms with van der Waals surface area (Å²) in [5.41, 5.74) is -0.963. The summed E-state index contributed by atoms with van der Waals surface area (Å²) in [7, 11) is 1.05. The molecule has 0 aromatic heterocycles. The lowest BCUT2D eigenvalue weighted by molar-refractivity contribution is -0.385. The molecule has 0 radical (unpaired) electrons. The van der Waals surface area contributed by atoms with Crippen molar-refractivity contribution in [2.24, 2.45) is 0 Å². The van der Waals surface area contributed by atoms with E-state index in [9.17, 15) is 20.0 Å². The molecular weight excluding hydrogens is 206 g/mol. The zero-order valence-electron chi connectivity index (χ0n) is 7.63. The van der Waals surface area contributed by atoms with E-state index in [0.29, 0.717) is 0 Å². The molecule has 0 saturated heterocycles. The number of carbonyl (C=O) groups excluding carboxylic acids is 1. The molecule has 7 nitrogen and oxygen atoms in total. The number of nitrogens with zero attached hydrogens (tertiary/aromatic N) is 1. The van der Waals surface area contributed by atoms with Crippen molar-refractivity contribution in [1.82, 2.24) is 0 Å². The number of nitro groups is 1. The number of hydrogen-bond acceptors (Lipinski definition) is 6. The molecule has 1 aromatic rings. The Morgan fingerprint density at radius 1 is 1.47 bits per heavy atom. The number of methoxy groups -OCH3 is 1. The molecule has 0 aliphatic rings. The quantitative estimate of drug-likeness (QED) is 0.325. The number of ether oxygens (including phenoxy) is 1. The molecular formula is C8H7NO6. The number of esters is 1. The smallest absolute Gasteiger partial charge is 0.342 e. The number of nitro benzene ring substituents is 1. The summed E-state index contributed by atoms with van der Waals surface area (Å²) in [6.07, 6.45) is 0. The van der Waals surface area contributed by atoms with Gasteiger partial charge in [0.15, 0.2) is 11.5 Å². The minimum atomic E-state index is -0.966. The van der Waals surface area contributed by atoms with Crippen LogP contribution in [0.25, 0.3) is 0 Å². The first kappa shape index (κ1) is 10.8. The first-order valence-electron chi connectivity index (χ1n) is 3.76. The van der Waals surface area contributed by atoms with Crippen LogP contribution in [0.2, 0.25) is 0 Å². The predicted molar refractivity (Wildman–Crippen MR) is 47.8 cm³/mol. The van der Waals surface area contributed by atoms with Crippen molar-refractivity contribution >= 4 is 11.7 Å². The van der Waals surface area contributed by atoms with E-state index in [2.05, 4.69) is 4.74 Å². The number of benzene rings is 1. The molecule has 0 bridgehead atoms. The highest BCUT2D eigenvalue weighted by atomic mass is 16.6. The molecule has 1 aromatic carbocycles. The normalized spacial score (nSPS) is 9.67. The Kier molecular flexibility index (Phi) is 2.75. The summed E-state index contributed by atoms with van der Waals surface area (Å²) < 4.78 is 4.27. The molecule has 0 heterocycles. The van der Waals surface area contributed by atoms with Crippen molar-refractivity contribution in [3.8, 4) is 11.5 Å². The van der Waals surface area contributed by atoms with Crippen LogP contribution in [-0.4, -0.2) is 28.2 Å².